The van der Waals surface area contributed by atoms with Crippen LogP contribution in [0.25, 0.3) is 0 Å². The van der Waals surface area contributed by atoms with Crippen molar-refractivity contribution in [1.82, 2.24) is 36.8 Å². The molecule has 15 heteroatoms. The number of unbranched alkanes of at least 4 members (excludes halogenated alkanes) is 1. The van der Waals surface area contributed by atoms with Gasteiger partial charge < -0.3 is 41.5 Å². The molecule has 6 N–H and O–H groups in total. The fourth-order valence-electron chi connectivity index (χ4n) is 4.90. The van der Waals surface area contributed by atoms with Gasteiger partial charge in [0.25, 0.3) is 0 Å². The largest absolute Gasteiger partial charge is 0.444 e. The molecule has 0 aliphatic carbocycles. The third-order valence-corrected chi connectivity index (χ3v) is 7.61. The maximum absolute atomic E-state index is 13.8. The molecule has 0 saturated carbocycles. The van der Waals surface area contributed by atoms with Crippen LogP contribution in [0.4, 0.5) is 4.79 Å². The molecule has 1 aliphatic rings. The van der Waals surface area contributed by atoms with E-state index in [1.165, 1.54) is 11.8 Å². The standard InChI is InChI=1S/C34H53N7O8/c1-9-10-16-35-28(43)21(4)37-31(46)27(20(2)3)40-26(42)17-24-32(47)41(19-23-14-12-11-13-15-23)25(30(45)39-24)18-36-29(44)22(5)38-33(48)49-34(6,7)8/h11-15,20-22,24-25,27H,9-10,16-19H2,1-8H3,(H,35,43)(H,36,44)(H,37,46)(H,38,48)(H,39,45)(H,40,42)/t21-,22-,24-,25-,27-/m0/s1. The molecule has 0 spiro atoms. The molecule has 0 bridgehead atoms. The van der Waals surface area contributed by atoms with E-state index in [0.29, 0.717) is 6.54 Å². The minimum absolute atomic E-state index is 0.0205. The summed E-state index contributed by atoms with van der Waals surface area (Å²) in [6.07, 6.45) is 0.474. The van der Waals surface area contributed by atoms with Gasteiger partial charge in [0.15, 0.2) is 0 Å². The summed E-state index contributed by atoms with van der Waals surface area (Å²) in [7, 11) is 0. The lowest BCUT2D eigenvalue weighted by molar-refractivity contribution is -0.151. The van der Waals surface area contributed by atoms with Crippen LogP contribution >= 0.6 is 0 Å². The number of carbonyl (C=O) groups is 7. The fraction of sp³-hybridized carbons (Fsp3) is 0.618. The Hall–Kier alpha value is -4.69. The fourth-order valence-corrected chi connectivity index (χ4v) is 4.90. The zero-order chi connectivity index (χ0) is 36.9. The van der Waals surface area contributed by atoms with Crippen molar-refractivity contribution in [2.75, 3.05) is 13.1 Å². The van der Waals surface area contributed by atoms with Crippen LogP contribution in [0, 0.1) is 5.92 Å². The predicted octanol–water partition coefficient (Wildman–Crippen LogP) is 0.864. The molecule has 0 radical (unpaired) electrons. The molecule has 1 aromatic rings. The second-order valence-corrected chi connectivity index (χ2v) is 13.5. The van der Waals surface area contributed by atoms with E-state index in [-0.39, 0.29) is 24.9 Å². The normalized spacial score (nSPS) is 18.0. The maximum Gasteiger partial charge on any atom is 0.408 e. The van der Waals surface area contributed by atoms with Crippen molar-refractivity contribution in [3.05, 3.63) is 35.9 Å². The molecular weight excluding hydrogens is 634 g/mol. The molecule has 0 aromatic heterocycles. The Labute approximate surface area is 288 Å². The summed E-state index contributed by atoms with van der Waals surface area (Å²) in [6.45, 7) is 13.8. The molecule has 1 aromatic carbocycles. The number of hydrogen-bond acceptors (Lipinski definition) is 8. The third kappa shape index (κ3) is 13.4. The van der Waals surface area contributed by atoms with Gasteiger partial charge in [0.1, 0.15) is 35.8 Å². The second kappa shape index (κ2) is 18.7. The number of ether oxygens (including phenoxy) is 1. The highest BCUT2D eigenvalue weighted by Crippen LogP contribution is 2.17. The molecule has 272 valence electrons. The Balaban J connectivity index is 2.12. The van der Waals surface area contributed by atoms with Gasteiger partial charge in [-0.2, -0.15) is 0 Å². The van der Waals surface area contributed by atoms with Gasteiger partial charge in [0, 0.05) is 19.6 Å². The first-order chi connectivity index (χ1) is 22.9. The minimum atomic E-state index is -1.24. The van der Waals surface area contributed by atoms with Gasteiger partial charge in [0.05, 0.1) is 6.42 Å². The van der Waals surface area contributed by atoms with Crippen LogP contribution < -0.4 is 31.9 Å². The van der Waals surface area contributed by atoms with Gasteiger partial charge >= 0.3 is 6.09 Å². The number of amides is 7. The van der Waals surface area contributed by atoms with Gasteiger partial charge in [-0.05, 0) is 52.5 Å². The average Bonchev–Trinajstić information content (AvgIpc) is 3.01. The first-order valence-electron chi connectivity index (χ1n) is 16.7. The predicted molar refractivity (Wildman–Crippen MR) is 181 cm³/mol. The lowest BCUT2D eigenvalue weighted by Crippen LogP contribution is -2.66. The summed E-state index contributed by atoms with van der Waals surface area (Å²) < 4.78 is 5.19. The van der Waals surface area contributed by atoms with E-state index in [0.717, 1.165) is 18.4 Å². The van der Waals surface area contributed by atoms with E-state index in [1.54, 1.807) is 71.9 Å². The quantitative estimate of drug-likeness (QED) is 0.137. The molecule has 1 aliphatic heterocycles. The molecular formula is C34H53N7O8. The number of hydrogen-bond donors (Lipinski definition) is 6. The Morgan fingerprint density at radius 3 is 2.08 bits per heavy atom. The van der Waals surface area contributed by atoms with Gasteiger partial charge in [-0.15, -0.1) is 0 Å². The van der Waals surface area contributed by atoms with Crippen LogP contribution in [0.1, 0.15) is 80.2 Å². The zero-order valence-corrected chi connectivity index (χ0v) is 29.8. The van der Waals surface area contributed by atoms with Crippen LogP contribution in [-0.4, -0.2) is 95.3 Å². The molecule has 0 unspecified atom stereocenters. The van der Waals surface area contributed by atoms with Crippen molar-refractivity contribution in [3.8, 4) is 0 Å². The third-order valence-electron chi connectivity index (χ3n) is 7.61. The highest BCUT2D eigenvalue weighted by atomic mass is 16.6. The first-order valence-corrected chi connectivity index (χ1v) is 16.7. The highest BCUT2D eigenvalue weighted by molar-refractivity contribution is 6.00. The summed E-state index contributed by atoms with van der Waals surface area (Å²) in [5.41, 5.74) is -0.0482. The summed E-state index contributed by atoms with van der Waals surface area (Å²) in [6, 6.07) is 3.72. The number of piperazine rings is 1. The molecule has 1 saturated heterocycles. The Kier molecular flexibility index (Phi) is 15.5. The summed E-state index contributed by atoms with van der Waals surface area (Å²) in [5.74, 6) is -3.66. The Morgan fingerprint density at radius 1 is 0.878 bits per heavy atom. The maximum atomic E-state index is 13.8. The molecule has 2 rings (SSSR count). The van der Waals surface area contributed by atoms with Crippen molar-refractivity contribution in [3.63, 3.8) is 0 Å². The highest BCUT2D eigenvalue weighted by Gasteiger charge is 2.42. The number of nitrogens with one attached hydrogen (secondary N) is 6. The molecule has 1 fully saturated rings. The Bertz CT molecular complexity index is 1330. The van der Waals surface area contributed by atoms with Crippen molar-refractivity contribution in [2.45, 2.75) is 117 Å². The molecule has 5 atom stereocenters. The SMILES string of the molecule is CCCCNC(=O)[C@H](C)NC(=O)[C@@H](NC(=O)C[C@@H]1NC(=O)[C@H](CNC(=O)[C@H](C)NC(=O)OC(C)(C)C)N(Cc2ccccc2)C1=O)C(C)C. The minimum Gasteiger partial charge on any atom is -0.444 e. The van der Waals surface area contributed by atoms with E-state index < -0.39 is 77.9 Å². The average molecular weight is 688 g/mol. The van der Waals surface area contributed by atoms with Crippen LogP contribution in [0.15, 0.2) is 30.3 Å². The van der Waals surface area contributed by atoms with E-state index >= 15 is 0 Å². The summed E-state index contributed by atoms with van der Waals surface area (Å²) in [5, 5.41) is 15.7. The van der Waals surface area contributed by atoms with Gasteiger partial charge in [0.2, 0.25) is 35.4 Å². The number of rotatable bonds is 16. The molecule has 7 amide bonds. The smallest absolute Gasteiger partial charge is 0.408 e. The van der Waals surface area contributed by atoms with E-state index in [2.05, 4.69) is 31.9 Å². The topological polar surface area (TPSA) is 204 Å². The van der Waals surface area contributed by atoms with E-state index in [9.17, 15) is 33.6 Å². The lowest BCUT2D eigenvalue weighted by atomic mass is 10.0. The van der Waals surface area contributed by atoms with Crippen molar-refractivity contribution in [2.24, 2.45) is 5.92 Å². The van der Waals surface area contributed by atoms with Gasteiger partial charge in [-0.25, -0.2) is 4.79 Å². The first kappa shape index (κ1) is 40.5. The van der Waals surface area contributed by atoms with E-state index in [4.69, 9.17) is 4.74 Å². The van der Waals surface area contributed by atoms with Gasteiger partial charge in [-0.1, -0.05) is 57.5 Å². The molecule has 49 heavy (non-hydrogen) atoms. The number of carbonyl (C=O) groups excluding carboxylic acids is 7. The number of nitrogens with zero attached hydrogens (tertiary/aromatic N) is 1. The Morgan fingerprint density at radius 2 is 1.49 bits per heavy atom. The van der Waals surface area contributed by atoms with Gasteiger partial charge in [-0.3, -0.25) is 28.8 Å². The number of benzene rings is 1. The van der Waals surface area contributed by atoms with Crippen molar-refractivity contribution in [1.29, 1.82) is 0 Å². The van der Waals surface area contributed by atoms with Crippen molar-refractivity contribution < 1.29 is 38.3 Å². The summed E-state index contributed by atoms with van der Waals surface area (Å²) >= 11 is 0. The molecule has 15 nitrogen and oxygen atoms in total. The monoisotopic (exact) mass is 687 g/mol. The van der Waals surface area contributed by atoms with Crippen molar-refractivity contribution >= 4 is 41.5 Å². The second-order valence-electron chi connectivity index (χ2n) is 13.5. The van der Waals surface area contributed by atoms with Crippen LogP contribution in [-0.2, 0) is 40.0 Å². The molecule has 1 heterocycles. The van der Waals surface area contributed by atoms with Crippen LogP contribution in [0.2, 0.25) is 0 Å². The van der Waals surface area contributed by atoms with Crippen LogP contribution in [0.5, 0.6) is 0 Å². The zero-order valence-electron chi connectivity index (χ0n) is 29.8. The van der Waals surface area contributed by atoms with E-state index in [1.807, 2.05) is 6.92 Å². The van der Waals surface area contributed by atoms with Crippen LogP contribution in [0.3, 0.4) is 0 Å². The lowest BCUT2D eigenvalue weighted by Gasteiger charge is -2.39. The summed E-state index contributed by atoms with van der Waals surface area (Å²) in [4.78, 5) is 92.0. The number of alkyl carbamates (subject to hydrolysis) is 1.